The lowest BCUT2D eigenvalue weighted by Crippen LogP contribution is -2.49. The molecule has 1 fully saturated rings. The van der Waals surface area contributed by atoms with E-state index in [9.17, 15) is 14.4 Å². The summed E-state index contributed by atoms with van der Waals surface area (Å²) >= 11 is 0. The fourth-order valence-corrected chi connectivity index (χ4v) is 4.91. The Hall–Kier alpha value is -3.35. The summed E-state index contributed by atoms with van der Waals surface area (Å²) in [7, 11) is 0. The van der Waals surface area contributed by atoms with Crippen LogP contribution in [-0.2, 0) is 14.3 Å². The van der Waals surface area contributed by atoms with Gasteiger partial charge in [0.15, 0.2) is 0 Å². The van der Waals surface area contributed by atoms with Crippen molar-refractivity contribution in [2.45, 2.75) is 57.4 Å². The van der Waals surface area contributed by atoms with Crippen LogP contribution in [0, 0.1) is 5.92 Å². The molecule has 0 heterocycles. The maximum absolute atomic E-state index is 13.2. The number of rotatable bonds is 12. The molecule has 2 aliphatic carbocycles. The van der Waals surface area contributed by atoms with Gasteiger partial charge in [-0.1, -0.05) is 61.4 Å². The van der Waals surface area contributed by atoms with E-state index in [0.29, 0.717) is 38.3 Å². The van der Waals surface area contributed by atoms with Crippen molar-refractivity contribution in [1.29, 1.82) is 0 Å². The molecule has 35 heavy (non-hydrogen) atoms. The molecule has 2 aromatic carbocycles. The van der Waals surface area contributed by atoms with Crippen LogP contribution < -0.4 is 5.32 Å². The molecule has 0 aliphatic heterocycles. The van der Waals surface area contributed by atoms with Crippen molar-refractivity contribution in [2.24, 2.45) is 5.92 Å². The first-order valence-corrected chi connectivity index (χ1v) is 12.6. The Balaban J connectivity index is 1.36. The predicted molar refractivity (Wildman–Crippen MR) is 133 cm³/mol. The van der Waals surface area contributed by atoms with Gasteiger partial charge in [-0.15, -0.1) is 0 Å². The number of carbonyl (C=O) groups is 3. The summed E-state index contributed by atoms with van der Waals surface area (Å²) in [6, 6.07) is 15.7. The molecule has 2 N–H and O–H groups in total. The van der Waals surface area contributed by atoms with Crippen molar-refractivity contribution < 1.29 is 24.2 Å². The average molecular weight is 479 g/mol. The summed E-state index contributed by atoms with van der Waals surface area (Å²) in [5.41, 5.74) is 4.62. The number of hydrogen-bond donors (Lipinski definition) is 2. The number of carboxylic acids is 1. The lowest BCUT2D eigenvalue weighted by molar-refractivity contribution is -0.137. The van der Waals surface area contributed by atoms with Gasteiger partial charge >= 0.3 is 12.1 Å². The molecule has 0 unspecified atom stereocenters. The Kier molecular flexibility index (Phi) is 8.06. The van der Waals surface area contributed by atoms with Gasteiger partial charge < -0.3 is 20.1 Å². The van der Waals surface area contributed by atoms with Gasteiger partial charge in [-0.05, 0) is 54.4 Å². The van der Waals surface area contributed by atoms with Gasteiger partial charge in [-0.25, -0.2) is 4.79 Å². The summed E-state index contributed by atoms with van der Waals surface area (Å²) < 4.78 is 5.67. The predicted octanol–water partition coefficient (Wildman–Crippen LogP) is 4.80. The van der Waals surface area contributed by atoms with Crippen LogP contribution in [-0.4, -0.2) is 53.7 Å². The fraction of sp³-hybridized carbons (Fsp3) is 0.464. The van der Waals surface area contributed by atoms with Crippen molar-refractivity contribution in [3.05, 3.63) is 59.7 Å². The zero-order valence-electron chi connectivity index (χ0n) is 20.2. The number of nitrogens with zero attached hydrogens (tertiary/aromatic N) is 1. The second-order valence-corrected chi connectivity index (χ2v) is 9.47. The SMILES string of the molecule is CCN(CCCCC(=O)O)C(=O)[C@H](CC1CC1)NC(=O)OCC1c2ccccc2-c2ccccc21. The van der Waals surface area contributed by atoms with Crippen LogP contribution in [0.4, 0.5) is 4.79 Å². The minimum Gasteiger partial charge on any atom is -0.481 e. The van der Waals surface area contributed by atoms with Crippen LogP contribution in [0.2, 0.25) is 0 Å². The van der Waals surface area contributed by atoms with E-state index in [1.54, 1.807) is 4.90 Å². The minimum atomic E-state index is -0.831. The smallest absolute Gasteiger partial charge is 0.407 e. The van der Waals surface area contributed by atoms with Gasteiger partial charge in [0, 0.05) is 25.4 Å². The van der Waals surface area contributed by atoms with Crippen molar-refractivity contribution >= 4 is 18.0 Å². The molecule has 4 rings (SSSR count). The van der Waals surface area contributed by atoms with E-state index in [4.69, 9.17) is 9.84 Å². The van der Waals surface area contributed by atoms with Gasteiger partial charge in [0.05, 0.1) is 0 Å². The van der Waals surface area contributed by atoms with Crippen LogP contribution in [0.3, 0.4) is 0 Å². The number of alkyl carbamates (subject to hydrolysis) is 1. The number of carboxylic acid groups (broad SMARTS) is 1. The Morgan fingerprint density at radius 1 is 1.03 bits per heavy atom. The molecule has 0 saturated heterocycles. The van der Waals surface area contributed by atoms with Crippen LogP contribution >= 0.6 is 0 Å². The minimum absolute atomic E-state index is 0.0351. The maximum Gasteiger partial charge on any atom is 0.407 e. The van der Waals surface area contributed by atoms with E-state index in [0.717, 1.165) is 24.0 Å². The van der Waals surface area contributed by atoms with Gasteiger partial charge in [-0.3, -0.25) is 9.59 Å². The Bertz CT molecular complexity index is 1020. The fourth-order valence-electron chi connectivity index (χ4n) is 4.91. The first-order valence-electron chi connectivity index (χ1n) is 12.6. The second kappa shape index (κ2) is 11.4. The molecule has 0 bridgehead atoms. The Morgan fingerprint density at radius 3 is 2.23 bits per heavy atom. The summed E-state index contributed by atoms with van der Waals surface area (Å²) in [5, 5.41) is 11.7. The zero-order valence-corrected chi connectivity index (χ0v) is 20.2. The number of benzene rings is 2. The number of ether oxygens (including phenoxy) is 1. The highest BCUT2D eigenvalue weighted by atomic mass is 16.5. The molecule has 7 heteroatoms. The largest absolute Gasteiger partial charge is 0.481 e. The van der Waals surface area contributed by atoms with Crippen LogP contribution in [0.1, 0.15) is 62.5 Å². The van der Waals surface area contributed by atoms with Crippen molar-refractivity contribution in [1.82, 2.24) is 10.2 Å². The quantitative estimate of drug-likeness (QED) is 0.427. The average Bonchev–Trinajstić information content (AvgIpc) is 3.62. The third-order valence-electron chi connectivity index (χ3n) is 6.96. The highest BCUT2D eigenvalue weighted by Crippen LogP contribution is 2.44. The number of aliphatic carboxylic acids is 1. The van der Waals surface area contributed by atoms with Gasteiger partial charge in [0.1, 0.15) is 12.6 Å². The van der Waals surface area contributed by atoms with E-state index in [1.165, 1.54) is 11.1 Å². The van der Waals surface area contributed by atoms with Crippen molar-refractivity contribution in [3.63, 3.8) is 0 Å². The first kappa shape index (κ1) is 24.8. The van der Waals surface area contributed by atoms with Crippen molar-refractivity contribution in [3.8, 4) is 11.1 Å². The van der Waals surface area contributed by atoms with E-state index >= 15 is 0 Å². The van der Waals surface area contributed by atoms with E-state index in [-0.39, 0.29) is 24.9 Å². The Labute approximate surface area is 206 Å². The number of likely N-dealkylation sites (N-methyl/N-ethyl adjacent to an activating group) is 1. The number of amides is 2. The van der Waals surface area contributed by atoms with E-state index in [2.05, 4.69) is 29.6 Å². The van der Waals surface area contributed by atoms with Gasteiger partial charge in [-0.2, -0.15) is 0 Å². The van der Waals surface area contributed by atoms with Crippen LogP contribution in [0.25, 0.3) is 11.1 Å². The Morgan fingerprint density at radius 2 is 1.66 bits per heavy atom. The standard InChI is InChI=1S/C28H34N2O5/c1-2-30(16-8-7-13-26(31)32)27(33)25(17-19-14-15-19)29-28(34)35-18-24-22-11-5-3-9-20(22)21-10-4-6-12-23(21)24/h3-6,9-12,19,24-25H,2,7-8,13-18H2,1H3,(H,29,34)(H,31,32)/t25-/m0/s1. The lowest BCUT2D eigenvalue weighted by Gasteiger charge is -2.27. The van der Waals surface area contributed by atoms with E-state index in [1.807, 2.05) is 31.2 Å². The third-order valence-corrected chi connectivity index (χ3v) is 6.96. The van der Waals surface area contributed by atoms with Crippen LogP contribution in [0.15, 0.2) is 48.5 Å². The number of fused-ring (bicyclic) bond motifs is 3. The molecule has 1 saturated carbocycles. The molecular formula is C28H34N2O5. The number of unbranched alkanes of at least 4 members (excludes halogenated alkanes) is 1. The number of hydrogen-bond acceptors (Lipinski definition) is 4. The zero-order chi connectivity index (χ0) is 24.8. The summed E-state index contributed by atoms with van der Waals surface area (Å²) in [5.74, 6) is -0.540. The molecule has 0 radical (unpaired) electrons. The number of nitrogens with one attached hydrogen (secondary N) is 1. The lowest BCUT2D eigenvalue weighted by atomic mass is 9.98. The molecule has 2 aromatic rings. The highest BCUT2D eigenvalue weighted by molar-refractivity contribution is 5.86. The molecule has 1 atom stereocenters. The molecule has 7 nitrogen and oxygen atoms in total. The summed E-state index contributed by atoms with van der Waals surface area (Å²) in [6.45, 7) is 3.10. The molecular weight excluding hydrogens is 444 g/mol. The van der Waals surface area contributed by atoms with Gasteiger partial charge in [0.2, 0.25) is 5.91 Å². The molecule has 2 aliphatic rings. The monoisotopic (exact) mass is 478 g/mol. The molecule has 186 valence electrons. The third kappa shape index (κ3) is 6.21. The molecule has 0 spiro atoms. The van der Waals surface area contributed by atoms with Crippen LogP contribution in [0.5, 0.6) is 0 Å². The molecule has 0 aromatic heterocycles. The topological polar surface area (TPSA) is 95.9 Å². The maximum atomic E-state index is 13.2. The summed E-state index contributed by atoms with van der Waals surface area (Å²) in [6.07, 6.45) is 3.40. The molecule has 2 amide bonds. The number of carbonyl (C=O) groups excluding carboxylic acids is 2. The first-order chi connectivity index (χ1) is 17.0. The highest BCUT2D eigenvalue weighted by Gasteiger charge is 2.34. The summed E-state index contributed by atoms with van der Waals surface area (Å²) in [4.78, 5) is 38.5. The van der Waals surface area contributed by atoms with Crippen molar-refractivity contribution in [2.75, 3.05) is 19.7 Å². The van der Waals surface area contributed by atoms with E-state index < -0.39 is 18.1 Å². The normalized spacial score (nSPS) is 15.1. The van der Waals surface area contributed by atoms with Gasteiger partial charge in [0.25, 0.3) is 0 Å². The second-order valence-electron chi connectivity index (χ2n) is 9.47.